The normalized spacial score (nSPS) is 12.3. The van der Waals surface area contributed by atoms with Crippen molar-refractivity contribution in [2.24, 2.45) is 0 Å². The molecule has 1 amide bonds. The molecule has 1 N–H and O–H groups in total. The molecule has 0 saturated heterocycles. The number of benzene rings is 1. The molecule has 0 saturated carbocycles. The maximum absolute atomic E-state index is 14.2. The number of hydrogen-bond acceptors (Lipinski definition) is 4. The monoisotopic (exact) mass is 437 g/mol. The van der Waals surface area contributed by atoms with E-state index >= 15 is 0 Å². The highest BCUT2D eigenvalue weighted by molar-refractivity contribution is 7.90. The molecule has 0 aliphatic rings. The average Bonchev–Trinajstić information content (AvgIpc) is 3.00. The van der Waals surface area contributed by atoms with E-state index in [4.69, 9.17) is 0 Å². The molecule has 0 unspecified atom stereocenters. The lowest BCUT2D eigenvalue weighted by Crippen LogP contribution is -2.45. The molecule has 7 nitrogen and oxygen atoms in total. The third-order valence-corrected chi connectivity index (χ3v) is 6.38. The Hall–Kier alpha value is -3.01. The average molecular weight is 437 g/mol. The molecule has 0 fully saturated rings. The van der Waals surface area contributed by atoms with Gasteiger partial charge < -0.3 is 10.0 Å². The van der Waals surface area contributed by atoms with Crippen LogP contribution >= 0.6 is 0 Å². The van der Waals surface area contributed by atoms with Gasteiger partial charge in [-0.1, -0.05) is 0 Å². The van der Waals surface area contributed by atoms with Gasteiger partial charge >= 0.3 is 6.09 Å². The fourth-order valence-electron chi connectivity index (χ4n) is 3.22. The van der Waals surface area contributed by atoms with Crippen molar-refractivity contribution >= 4 is 27.1 Å². The van der Waals surface area contributed by atoms with Crippen LogP contribution in [0.3, 0.4) is 0 Å². The number of pyridine rings is 1. The predicted octanol–water partition coefficient (Wildman–Crippen LogP) is 3.87. The van der Waals surface area contributed by atoms with Crippen LogP contribution in [0.1, 0.15) is 26.3 Å². The van der Waals surface area contributed by atoms with Crippen molar-refractivity contribution in [2.75, 3.05) is 6.54 Å². The second-order valence-corrected chi connectivity index (χ2v) is 9.54. The summed E-state index contributed by atoms with van der Waals surface area (Å²) in [7, 11) is -4.37. The molecule has 3 rings (SSSR count). The second kappa shape index (κ2) is 7.67. The van der Waals surface area contributed by atoms with E-state index in [9.17, 15) is 27.1 Å². The lowest BCUT2D eigenvalue weighted by Gasteiger charge is -2.33. The van der Waals surface area contributed by atoms with Crippen LogP contribution in [-0.4, -0.2) is 45.6 Å². The molecule has 0 aliphatic heterocycles. The molecule has 0 atom stereocenters. The van der Waals surface area contributed by atoms with Crippen molar-refractivity contribution in [1.82, 2.24) is 13.9 Å². The first-order valence-electron chi connectivity index (χ1n) is 9.09. The van der Waals surface area contributed by atoms with E-state index in [1.807, 2.05) is 0 Å². The van der Waals surface area contributed by atoms with Crippen LogP contribution in [0.4, 0.5) is 13.6 Å². The number of rotatable bonds is 5. The van der Waals surface area contributed by atoms with Gasteiger partial charge in [-0.2, -0.15) is 0 Å². The molecular weight excluding hydrogens is 416 g/mol. The van der Waals surface area contributed by atoms with Crippen molar-refractivity contribution < 1.29 is 27.1 Å². The first kappa shape index (κ1) is 21.7. The minimum atomic E-state index is -4.37. The Labute approximate surface area is 172 Å². The molecule has 10 heteroatoms. The van der Waals surface area contributed by atoms with Gasteiger partial charge in [-0.3, -0.25) is 4.98 Å². The summed E-state index contributed by atoms with van der Waals surface area (Å²) in [6.07, 6.45) is 1.89. The Balaban J connectivity index is 2.07. The van der Waals surface area contributed by atoms with Crippen LogP contribution in [0, 0.1) is 11.6 Å². The Morgan fingerprint density at radius 3 is 2.53 bits per heavy atom. The van der Waals surface area contributed by atoms with E-state index < -0.39 is 38.2 Å². The van der Waals surface area contributed by atoms with E-state index in [0.717, 1.165) is 16.1 Å². The van der Waals surface area contributed by atoms with Gasteiger partial charge in [-0.05, 0) is 57.0 Å². The lowest BCUT2D eigenvalue weighted by molar-refractivity contribution is 0.101. The first-order chi connectivity index (χ1) is 13.9. The number of carboxylic acid groups (broad SMARTS) is 1. The summed E-state index contributed by atoms with van der Waals surface area (Å²) < 4.78 is 54.4. The van der Waals surface area contributed by atoms with Gasteiger partial charge in [-0.25, -0.2) is 26.0 Å². The maximum atomic E-state index is 14.2. The van der Waals surface area contributed by atoms with E-state index in [1.165, 1.54) is 29.4 Å². The summed E-state index contributed by atoms with van der Waals surface area (Å²) in [5.74, 6) is -2.09. The largest absolute Gasteiger partial charge is 0.465 e. The van der Waals surface area contributed by atoms with Crippen molar-refractivity contribution in [3.05, 3.63) is 59.9 Å². The SMILES string of the molecule is CC(C)(C)N(CCc1cn(S(=O)(=O)c2ccc(F)cc2F)c2cccnc12)C(=O)O. The highest BCUT2D eigenvalue weighted by Crippen LogP contribution is 2.27. The summed E-state index contributed by atoms with van der Waals surface area (Å²) in [6, 6.07) is 5.30. The molecule has 0 bridgehead atoms. The predicted molar refractivity (Wildman–Crippen MR) is 107 cm³/mol. The molecule has 0 radical (unpaired) electrons. The van der Waals surface area contributed by atoms with E-state index in [0.29, 0.717) is 17.1 Å². The van der Waals surface area contributed by atoms with Crippen molar-refractivity contribution in [3.63, 3.8) is 0 Å². The quantitative estimate of drug-likeness (QED) is 0.654. The van der Waals surface area contributed by atoms with Crippen LogP contribution in [0.5, 0.6) is 0 Å². The molecule has 1 aromatic carbocycles. The Morgan fingerprint density at radius 2 is 1.93 bits per heavy atom. The summed E-state index contributed by atoms with van der Waals surface area (Å²) in [6.45, 7) is 5.37. The van der Waals surface area contributed by atoms with Crippen LogP contribution in [-0.2, 0) is 16.4 Å². The zero-order valence-electron chi connectivity index (χ0n) is 16.6. The molecule has 0 spiro atoms. The molecule has 160 valence electrons. The second-order valence-electron chi connectivity index (χ2n) is 7.76. The molecule has 0 aliphatic carbocycles. The number of fused-ring (bicyclic) bond motifs is 1. The number of hydrogen-bond donors (Lipinski definition) is 1. The highest BCUT2D eigenvalue weighted by Gasteiger charge is 2.28. The standard InChI is InChI=1S/C20H21F2N3O4S/c1-20(2,3)24(19(26)27)10-8-13-12-25(16-5-4-9-23-18(13)16)30(28,29)17-7-6-14(21)11-15(17)22/h4-7,9,11-12H,8,10H2,1-3H3,(H,26,27). The van der Waals surface area contributed by atoms with Gasteiger partial charge in [0.05, 0.1) is 11.0 Å². The summed E-state index contributed by atoms with van der Waals surface area (Å²) in [5, 5.41) is 9.47. The van der Waals surface area contributed by atoms with Crippen LogP contribution in [0.25, 0.3) is 11.0 Å². The van der Waals surface area contributed by atoms with E-state index in [-0.39, 0.29) is 18.5 Å². The number of aromatic nitrogens is 2. The van der Waals surface area contributed by atoms with Gasteiger partial charge in [0, 0.05) is 30.5 Å². The first-order valence-corrected chi connectivity index (χ1v) is 10.5. The van der Waals surface area contributed by atoms with Gasteiger partial charge in [0.2, 0.25) is 0 Å². The molecular formula is C20H21F2N3O4S. The zero-order chi connectivity index (χ0) is 22.3. The Morgan fingerprint density at radius 1 is 1.23 bits per heavy atom. The van der Waals surface area contributed by atoms with Gasteiger partial charge in [0.1, 0.15) is 16.5 Å². The van der Waals surface area contributed by atoms with Gasteiger partial charge in [0.15, 0.2) is 0 Å². The number of carbonyl (C=O) groups is 1. The van der Waals surface area contributed by atoms with Crippen molar-refractivity contribution in [3.8, 4) is 0 Å². The van der Waals surface area contributed by atoms with Gasteiger partial charge in [-0.15, -0.1) is 0 Å². The maximum Gasteiger partial charge on any atom is 0.407 e. The van der Waals surface area contributed by atoms with Crippen LogP contribution in [0.2, 0.25) is 0 Å². The number of halogens is 2. The molecule has 3 aromatic rings. The minimum Gasteiger partial charge on any atom is -0.465 e. The fourth-order valence-corrected chi connectivity index (χ4v) is 4.65. The lowest BCUT2D eigenvalue weighted by atomic mass is 10.1. The highest BCUT2D eigenvalue weighted by atomic mass is 32.2. The topological polar surface area (TPSA) is 92.5 Å². The summed E-state index contributed by atoms with van der Waals surface area (Å²) >= 11 is 0. The third kappa shape index (κ3) is 4.00. The third-order valence-electron chi connectivity index (χ3n) is 4.68. The molecule has 2 aromatic heterocycles. The summed E-state index contributed by atoms with van der Waals surface area (Å²) in [5.41, 5.74) is 0.421. The van der Waals surface area contributed by atoms with Gasteiger partial charge in [0.25, 0.3) is 10.0 Å². The fraction of sp³-hybridized carbons (Fsp3) is 0.300. The molecule has 2 heterocycles. The smallest absolute Gasteiger partial charge is 0.407 e. The molecule has 30 heavy (non-hydrogen) atoms. The van der Waals surface area contributed by atoms with E-state index in [2.05, 4.69) is 4.98 Å². The van der Waals surface area contributed by atoms with Crippen molar-refractivity contribution in [2.45, 2.75) is 37.6 Å². The van der Waals surface area contributed by atoms with Crippen LogP contribution < -0.4 is 0 Å². The van der Waals surface area contributed by atoms with E-state index in [1.54, 1.807) is 20.8 Å². The summed E-state index contributed by atoms with van der Waals surface area (Å²) in [4.78, 5) is 16.4. The van der Waals surface area contributed by atoms with Crippen LogP contribution in [0.15, 0.2) is 47.6 Å². The number of amides is 1. The minimum absolute atomic E-state index is 0.111. The Bertz CT molecular complexity index is 1220. The Kier molecular flexibility index (Phi) is 5.55. The number of nitrogens with zero attached hydrogens (tertiary/aromatic N) is 3. The zero-order valence-corrected chi connectivity index (χ0v) is 17.4. The van der Waals surface area contributed by atoms with Crippen molar-refractivity contribution in [1.29, 1.82) is 0 Å².